The molecule has 0 radical (unpaired) electrons. The smallest absolute Gasteiger partial charge is 0.247 e. The van der Waals surface area contributed by atoms with E-state index in [9.17, 15) is 64.0 Å². The number of likely N-dealkylation sites (N-methyl/N-ethyl adjacent to an activating group) is 1. The zero-order chi connectivity index (χ0) is 92.0. The minimum absolute atomic E-state index is 0.00102. The van der Waals surface area contributed by atoms with Gasteiger partial charge in [-0.1, -0.05) is 65.7 Å². The molecule has 9 aliphatic carbocycles. The van der Waals surface area contributed by atoms with Crippen molar-refractivity contribution in [3.05, 3.63) is 17.7 Å². The molecule has 0 aromatic heterocycles. The van der Waals surface area contributed by atoms with E-state index in [4.69, 9.17) is 58.4 Å². The number of benzene rings is 1. The largest absolute Gasteiger partial charge is 0.485 e. The number of unbranched alkanes of at least 4 members (excludes halogenated alkanes) is 7. The first-order valence-corrected chi connectivity index (χ1v) is 49.9. The Morgan fingerprint density at radius 2 is 1.24 bits per heavy atom. The van der Waals surface area contributed by atoms with Crippen LogP contribution in [0.25, 0.3) is 0 Å². The molecule has 5 unspecified atom stereocenters. The van der Waals surface area contributed by atoms with E-state index in [0.717, 1.165) is 77.0 Å². The van der Waals surface area contributed by atoms with Gasteiger partial charge >= 0.3 is 0 Å². The maximum absolute atomic E-state index is 16.7. The molecule has 0 spiro atoms. The molecule has 15 bridgehead atoms. The molecule has 128 heavy (non-hydrogen) atoms. The zero-order valence-electron chi connectivity index (χ0n) is 74.2. The molecule has 8 amide bonds. The molecule has 23 N–H and O–H groups in total. The van der Waals surface area contributed by atoms with Crippen molar-refractivity contribution in [2.45, 2.75) is 352 Å². The summed E-state index contributed by atoms with van der Waals surface area (Å²) in [7, 11) is -2.15. The van der Waals surface area contributed by atoms with E-state index in [1.165, 1.54) is 19.2 Å². The Balaban J connectivity index is 0.919. The van der Waals surface area contributed by atoms with Crippen LogP contribution in [0, 0.1) is 76.9 Å². The molecular weight excluding hydrogens is 1720 g/mol. The predicted molar refractivity (Wildman–Crippen MR) is 468 cm³/mol. The second-order valence-electron chi connectivity index (χ2n) is 39.8. The molecule has 6 aliphatic heterocycles. The van der Waals surface area contributed by atoms with Crippen molar-refractivity contribution in [2.75, 3.05) is 39.0 Å². The minimum Gasteiger partial charge on any atom is -0.485 e. The number of primary amides is 1. The van der Waals surface area contributed by atoms with Gasteiger partial charge in [0.2, 0.25) is 63.0 Å². The van der Waals surface area contributed by atoms with Gasteiger partial charge in [-0.25, -0.2) is 13.1 Å². The Morgan fingerprint density at radius 3 is 1.85 bits per heavy atom. The summed E-state index contributed by atoms with van der Waals surface area (Å²) < 4.78 is 63.3. The van der Waals surface area contributed by atoms with Gasteiger partial charge in [-0.15, -0.1) is 23.2 Å². The lowest BCUT2D eigenvalue weighted by Crippen LogP contribution is -2.68. The Labute approximate surface area is 759 Å². The third-order valence-electron chi connectivity index (χ3n) is 30.4. The number of fused-ring (bicyclic) bond motifs is 15. The van der Waals surface area contributed by atoms with Crippen LogP contribution in [0.2, 0.25) is 0 Å². The summed E-state index contributed by atoms with van der Waals surface area (Å²) in [5.41, 5.74) is 12.1. The van der Waals surface area contributed by atoms with Crippen LogP contribution >= 0.6 is 23.2 Å². The average Bonchev–Trinajstić information content (AvgIpc) is 0.751. The highest BCUT2D eigenvalue weighted by molar-refractivity contribution is 7.89. The van der Waals surface area contributed by atoms with Crippen molar-refractivity contribution in [1.82, 2.24) is 52.6 Å². The van der Waals surface area contributed by atoms with Gasteiger partial charge in [-0.2, -0.15) is 0 Å². The number of nitrogens with one attached hydrogen (secondary N) is 10. The van der Waals surface area contributed by atoms with E-state index >= 15 is 28.8 Å². The molecule has 6 heterocycles. The Kier molecular flexibility index (Phi) is 34.5. The summed E-state index contributed by atoms with van der Waals surface area (Å²) in [6, 6.07) is -11.0. The highest BCUT2D eigenvalue weighted by Gasteiger charge is 2.58. The monoisotopic (exact) mass is 1860 g/mol. The number of halogens is 2. The number of hydrogen-bond donors (Lipinski definition) is 21. The molecule has 9 saturated carbocycles. The number of sulfonamides is 1. The number of amides is 8. The second kappa shape index (κ2) is 44.2. The van der Waals surface area contributed by atoms with Gasteiger partial charge in [0, 0.05) is 56.6 Å². The van der Waals surface area contributed by atoms with Crippen LogP contribution in [0.5, 0.6) is 17.2 Å². The minimum atomic E-state index is -3.69. The molecule has 1 aromatic carbocycles. The normalized spacial score (nSPS) is 40.7. The third kappa shape index (κ3) is 23.6. The van der Waals surface area contributed by atoms with Gasteiger partial charge < -0.3 is 129 Å². The highest BCUT2D eigenvalue weighted by Crippen LogP contribution is 2.55. The van der Waals surface area contributed by atoms with Crippen LogP contribution in [0.15, 0.2) is 12.1 Å². The zero-order valence-corrected chi connectivity index (χ0v) is 76.5. The van der Waals surface area contributed by atoms with E-state index < -0.39 is 262 Å². The Hall–Kier alpha value is -5.69. The quantitative estimate of drug-likeness (QED) is 0.0367. The lowest BCUT2D eigenvalue weighted by Gasteiger charge is -2.55. The first kappa shape index (κ1) is 99.8. The van der Waals surface area contributed by atoms with Gasteiger partial charge in [-0.05, 0) is 212 Å². The molecule has 11 fully saturated rings. The number of carbonyl (C=O) groups excluding carboxylic acids is 8. The number of aliphatic hydroxyl groups is 9. The molecule has 36 nitrogen and oxygen atoms in total. The SMILES string of the molecule is CCCCCCCCCCS(=O)(=O)NCCNCC1C(O)C2C3C[C@H](CC[C@H]3O)[C@H]3NC(=O)[C@@H]4NC(=O)[C@H](CC(N)=O)NC(=O)[C@H](NC(=O)[C@@H](CC(C)C)NC)[C@H](O)[C@H]5CC[C@@H](Oc6cc4cc(c6O[C@@H]4C[C@H](CO)[C@@H](O)[C@H](O)[C@H]4O[C@H]4C[C@H](N)[C@H](O)[C@H](C)O4)O[C@@H]4CC[C@@H](C[C@@H]4Cl)[C@@H](O)[C@H](NC3=O)C(=O)N[C@H](C(=O)NC3C4CC6CC(C4)CC3C6)C2C[C@@H]1O)[C@H](Cl)C5. The van der Waals surface area contributed by atoms with Crippen LogP contribution in [-0.4, -0.2) is 285 Å². The number of alkyl halides is 2. The number of hydrogen-bond acceptors (Lipinski definition) is 27. The number of rotatable bonds is 29. The summed E-state index contributed by atoms with van der Waals surface area (Å²) in [6.07, 6.45) is -9.58. The molecule has 16 rings (SSSR count). The van der Waals surface area contributed by atoms with Gasteiger partial charge in [0.15, 0.2) is 17.8 Å². The van der Waals surface area contributed by atoms with Gasteiger partial charge in [-0.3, -0.25) is 38.4 Å². The first-order chi connectivity index (χ1) is 61.0. The van der Waals surface area contributed by atoms with E-state index in [1.807, 2.05) is 13.8 Å². The van der Waals surface area contributed by atoms with Crippen LogP contribution in [-0.2, 0) is 57.9 Å². The van der Waals surface area contributed by atoms with Crippen molar-refractivity contribution in [3.63, 3.8) is 0 Å². The third-order valence-corrected chi connectivity index (χ3v) is 32.8. The van der Waals surface area contributed by atoms with E-state index in [0.29, 0.717) is 18.3 Å². The van der Waals surface area contributed by atoms with Gasteiger partial charge in [0.1, 0.15) is 66.8 Å². The first-order valence-electron chi connectivity index (χ1n) is 47.3. The Morgan fingerprint density at radius 1 is 0.625 bits per heavy atom. The summed E-state index contributed by atoms with van der Waals surface area (Å²) >= 11 is 15.1. The summed E-state index contributed by atoms with van der Waals surface area (Å²) in [5.74, 6) is -16.8. The maximum atomic E-state index is 16.7. The van der Waals surface area contributed by atoms with Gasteiger partial charge in [0.25, 0.3) is 0 Å². The second-order valence-corrected chi connectivity index (χ2v) is 42.9. The van der Waals surface area contributed by atoms with Crippen LogP contribution in [0.1, 0.15) is 213 Å². The fourth-order valence-corrected chi connectivity index (χ4v) is 25.6. The van der Waals surface area contributed by atoms with Crippen LogP contribution < -0.4 is 78.3 Å². The van der Waals surface area contributed by atoms with Crippen molar-refractivity contribution in [3.8, 4) is 17.2 Å². The molecule has 722 valence electrons. The summed E-state index contributed by atoms with van der Waals surface area (Å²) in [6.45, 7) is 6.69. The standard InChI is InChI=1S/C89H142Cl2N12O24S/c1-6-7-8-9-10-11-12-13-22-128(121,122)96-21-20-95-38-53-60(106)35-52-68(79(53)112)51-29-44(14-17-59(51)105)70-85(116)103-74(89(120)101-72(52)87(118)98-69-47-25-42-24-43(27-47)28-48(69)26-42)77(110)46-16-19-62(55(91)31-46)125-64-33-49-32-63(81(64)126-65-34-50(39-104)78(111)80(113)82(65)127-67-36-56(92)75(108)41(4)123-67)124-61-18-15-45(30-54(61)90)76(109)73(102-83(114)57(94-5)23-40(2)3)88(119)97-58(37-66(93)107)84(115)99-71(49)86(117)100-70/h32-33,40-48,50-62,65,67-80,82,94-96,104-106,108-113H,6-31,34-39,92H2,1-5H3,(H2,93,107)(H,97,119)(H,98,118)(H,99,115)(H,100,117)(H,101,120)(H,102,114)(H,103,116)/t41-,42?,43?,44-,45-,46-,47?,48?,50+,51?,52?,53?,54+,55-,56-,57+,58-,59+,60-,61+,62+,65+,67-,68?,69?,70+,71+,72-,73+,74-,75+,76+,77+,78+,79?,80-,82-/m0/s1. The lowest BCUT2D eigenvalue weighted by atomic mass is 9.54. The van der Waals surface area contributed by atoms with Crippen molar-refractivity contribution >= 4 is 80.5 Å². The molecule has 1 aromatic rings. The number of aliphatic hydroxyl groups excluding tert-OH is 9. The average molecular weight is 1870 g/mol. The van der Waals surface area contributed by atoms with Crippen LogP contribution in [0.3, 0.4) is 0 Å². The van der Waals surface area contributed by atoms with E-state index in [-0.39, 0.29) is 155 Å². The van der Waals surface area contributed by atoms with E-state index in [2.05, 4.69) is 59.5 Å². The molecular formula is C89H142Cl2N12O24S. The fraction of sp³-hybridized carbons (Fsp3) is 0.843. The van der Waals surface area contributed by atoms with Crippen molar-refractivity contribution in [1.29, 1.82) is 0 Å². The molecule has 39 heteroatoms. The Bertz CT molecular complexity index is 4060. The number of nitrogens with two attached hydrogens (primary N) is 2. The fourth-order valence-electron chi connectivity index (χ4n) is 23.7. The maximum Gasteiger partial charge on any atom is 0.247 e. The van der Waals surface area contributed by atoms with E-state index in [1.54, 1.807) is 6.92 Å². The van der Waals surface area contributed by atoms with Crippen molar-refractivity contribution < 1.29 is 116 Å². The molecule has 2 saturated heterocycles. The predicted octanol–water partition coefficient (Wildman–Crippen LogP) is -0.119. The molecule has 32 atom stereocenters. The molecule has 15 aliphatic rings. The summed E-state index contributed by atoms with van der Waals surface area (Å²) in [5, 5.41) is 134. The lowest BCUT2D eigenvalue weighted by molar-refractivity contribution is -0.278. The van der Waals surface area contributed by atoms with Crippen molar-refractivity contribution in [2.24, 2.45) is 88.4 Å². The summed E-state index contributed by atoms with van der Waals surface area (Å²) in [4.78, 5) is 124. The topological polar surface area (TPSA) is 571 Å². The highest BCUT2D eigenvalue weighted by atomic mass is 35.5. The number of ether oxygens (including phenoxy) is 5. The van der Waals surface area contributed by atoms with Crippen LogP contribution in [0.4, 0.5) is 0 Å². The number of carbonyl (C=O) groups is 8. The van der Waals surface area contributed by atoms with Gasteiger partial charge in [0.05, 0.1) is 77.8 Å².